The van der Waals surface area contributed by atoms with Crippen LogP contribution in [0.4, 0.5) is 0 Å². The van der Waals surface area contributed by atoms with E-state index in [0.29, 0.717) is 6.54 Å². The first-order valence-electron chi connectivity index (χ1n) is 7.83. The van der Waals surface area contributed by atoms with Crippen LogP contribution in [0.25, 0.3) is 0 Å². The Morgan fingerprint density at radius 2 is 1.73 bits per heavy atom. The Balaban J connectivity index is 2.14. The Morgan fingerprint density at radius 1 is 1.05 bits per heavy atom. The van der Waals surface area contributed by atoms with Crippen molar-refractivity contribution < 1.29 is 9.90 Å². The largest absolute Gasteiger partial charge is 0.396 e. The molecule has 1 amide bonds. The predicted octanol–water partition coefficient (Wildman–Crippen LogP) is 3.37. The van der Waals surface area contributed by atoms with Crippen LogP contribution in [0.2, 0.25) is 0 Å². The maximum atomic E-state index is 12.9. The summed E-state index contributed by atoms with van der Waals surface area (Å²) < 4.78 is 0. The van der Waals surface area contributed by atoms with Gasteiger partial charge in [-0.1, -0.05) is 55.5 Å². The molecule has 3 nitrogen and oxygen atoms in total. The zero-order valence-electron chi connectivity index (χ0n) is 12.8. The molecule has 0 radical (unpaired) electrons. The molecule has 0 aliphatic carbocycles. The Hall–Kier alpha value is -2.13. The number of amides is 1. The molecule has 1 aliphatic rings. The Kier molecular flexibility index (Phi) is 4.25. The van der Waals surface area contributed by atoms with E-state index < -0.39 is 0 Å². The number of hydrogen-bond acceptors (Lipinski definition) is 2. The van der Waals surface area contributed by atoms with Crippen LogP contribution in [0.5, 0.6) is 0 Å². The number of carbonyl (C=O) groups excluding carboxylic acids is 1. The third-order valence-corrected chi connectivity index (χ3v) is 4.37. The lowest BCUT2D eigenvalue weighted by atomic mass is 9.80. The SMILES string of the molecule is CCCN1C(=O)c2ccccc2[C@@H](CO)[C@@H]1c1ccccc1. The lowest BCUT2D eigenvalue weighted by Gasteiger charge is -2.42. The van der Waals surface area contributed by atoms with E-state index in [0.717, 1.165) is 23.1 Å². The fourth-order valence-corrected chi connectivity index (χ4v) is 3.43. The molecule has 3 rings (SSSR count). The summed E-state index contributed by atoms with van der Waals surface area (Å²) in [4.78, 5) is 14.8. The van der Waals surface area contributed by atoms with Gasteiger partial charge in [-0.05, 0) is 23.6 Å². The molecule has 0 saturated carbocycles. The number of nitrogens with zero attached hydrogens (tertiary/aromatic N) is 1. The van der Waals surface area contributed by atoms with Crippen LogP contribution in [0.1, 0.15) is 46.8 Å². The van der Waals surface area contributed by atoms with E-state index in [4.69, 9.17) is 0 Å². The summed E-state index contributed by atoms with van der Waals surface area (Å²) in [7, 11) is 0. The number of carbonyl (C=O) groups is 1. The monoisotopic (exact) mass is 295 g/mol. The maximum absolute atomic E-state index is 12.9. The van der Waals surface area contributed by atoms with E-state index in [1.807, 2.05) is 59.5 Å². The second kappa shape index (κ2) is 6.32. The predicted molar refractivity (Wildman–Crippen MR) is 86.8 cm³/mol. The van der Waals surface area contributed by atoms with Gasteiger partial charge in [-0.25, -0.2) is 0 Å². The minimum atomic E-state index is -0.103. The van der Waals surface area contributed by atoms with Gasteiger partial charge >= 0.3 is 0 Å². The van der Waals surface area contributed by atoms with Crippen LogP contribution in [0, 0.1) is 0 Å². The molecule has 0 aromatic heterocycles. The molecule has 2 aromatic carbocycles. The summed E-state index contributed by atoms with van der Waals surface area (Å²) in [6, 6.07) is 17.6. The molecule has 22 heavy (non-hydrogen) atoms. The van der Waals surface area contributed by atoms with Crippen LogP contribution in [0.15, 0.2) is 54.6 Å². The molecule has 0 spiro atoms. The van der Waals surface area contributed by atoms with Gasteiger partial charge in [-0.15, -0.1) is 0 Å². The van der Waals surface area contributed by atoms with Crippen LogP contribution >= 0.6 is 0 Å². The van der Waals surface area contributed by atoms with Gasteiger partial charge in [-0.2, -0.15) is 0 Å². The first kappa shape index (κ1) is 14.8. The first-order valence-corrected chi connectivity index (χ1v) is 7.83. The van der Waals surface area contributed by atoms with E-state index in [2.05, 4.69) is 6.92 Å². The van der Waals surface area contributed by atoms with Gasteiger partial charge in [0, 0.05) is 18.0 Å². The molecular formula is C19H21NO2. The molecule has 0 fully saturated rings. The molecule has 3 heteroatoms. The van der Waals surface area contributed by atoms with E-state index in [-0.39, 0.29) is 24.5 Å². The van der Waals surface area contributed by atoms with Crippen molar-refractivity contribution in [3.8, 4) is 0 Å². The van der Waals surface area contributed by atoms with Gasteiger partial charge in [-0.3, -0.25) is 4.79 Å². The minimum absolute atomic E-state index is 0.0318. The fraction of sp³-hybridized carbons (Fsp3) is 0.316. The molecule has 0 bridgehead atoms. The first-order chi connectivity index (χ1) is 10.8. The van der Waals surface area contributed by atoms with Crippen molar-refractivity contribution >= 4 is 5.91 Å². The second-order valence-corrected chi connectivity index (χ2v) is 5.73. The van der Waals surface area contributed by atoms with Crippen molar-refractivity contribution in [2.75, 3.05) is 13.2 Å². The number of aliphatic hydroxyl groups is 1. The molecule has 0 unspecified atom stereocenters. The molecule has 0 saturated heterocycles. The van der Waals surface area contributed by atoms with Crippen molar-refractivity contribution in [1.82, 2.24) is 4.90 Å². The van der Waals surface area contributed by atoms with Crippen molar-refractivity contribution in [3.05, 3.63) is 71.3 Å². The summed E-state index contributed by atoms with van der Waals surface area (Å²) in [5.74, 6) is -0.0150. The standard InChI is InChI=1S/C19H21NO2/c1-2-12-20-18(14-8-4-3-5-9-14)17(13-21)15-10-6-7-11-16(15)19(20)22/h3-11,17-18,21H,2,12-13H2,1H3/t17-,18+/m1/s1. The number of hydrogen-bond donors (Lipinski definition) is 1. The van der Waals surface area contributed by atoms with Gasteiger partial charge < -0.3 is 10.0 Å². The summed E-state index contributed by atoms with van der Waals surface area (Å²) in [5.41, 5.74) is 2.76. The average Bonchev–Trinajstić information content (AvgIpc) is 2.58. The van der Waals surface area contributed by atoms with Crippen LogP contribution < -0.4 is 0 Å². The van der Waals surface area contributed by atoms with Gasteiger partial charge in [0.2, 0.25) is 0 Å². The van der Waals surface area contributed by atoms with Crippen LogP contribution in [-0.4, -0.2) is 29.1 Å². The Bertz CT molecular complexity index is 653. The topological polar surface area (TPSA) is 40.5 Å². The third kappa shape index (κ3) is 2.42. The highest BCUT2D eigenvalue weighted by Gasteiger charge is 2.39. The lowest BCUT2D eigenvalue weighted by molar-refractivity contribution is 0.0563. The van der Waals surface area contributed by atoms with E-state index in [1.165, 1.54) is 0 Å². The van der Waals surface area contributed by atoms with Gasteiger partial charge in [0.05, 0.1) is 12.6 Å². The zero-order valence-corrected chi connectivity index (χ0v) is 12.8. The molecule has 2 atom stereocenters. The number of benzene rings is 2. The molecule has 1 N–H and O–H groups in total. The minimum Gasteiger partial charge on any atom is -0.396 e. The number of fused-ring (bicyclic) bond motifs is 1. The number of aliphatic hydroxyl groups excluding tert-OH is 1. The van der Waals surface area contributed by atoms with E-state index >= 15 is 0 Å². The highest BCUT2D eigenvalue weighted by molar-refractivity contribution is 5.97. The summed E-state index contributed by atoms with van der Waals surface area (Å²) in [5, 5.41) is 10.0. The molecule has 2 aromatic rings. The summed E-state index contributed by atoms with van der Waals surface area (Å²) in [6.07, 6.45) is 0.898. The van der Waals surface area contributed by atoms with Crippen LogP contribution in [0.3, 0.4) is 0 Å². The van der Waals surface area contributed by atoms with E-state index in [1.54, 1.807) is 0 Å². The number of rotatable bonds is 4. The maximum Gasteiger partial charge on any atom is 0.254 e. The van der Waals surface area contributed by atoms with Gasteiger partial charge in [0.1, 0.15) is 0 Å². The molecular weight excluding hydrogens is 274 g/mol. The summed E-state index contributed by atoms with van der Waals surface area (Å²) >= 11 is 0. The summed E-state index contributed by atoms with van der Waals surface area (Å²) in [6.45, 7) is 2.80. The van der Waals surface area contributed by atoms with Crippen LogP contribution in [-0.2, 0) is 0 Å². The van der Waals surface area contributed by atoms with E-state index in [9.17, 15) is 9.90 Å². The normalized spacial score (nSPS) is 20.8. The Labute approximate surface area is 131 Å². The fourth-order valence-electron chi connectivity index (χ4n) is 3.43. The smallest absolute Gasteiger partial charge is 0.254 e. The second-order valence-electron chi connectivity index (χ2n) is 5.73. The molecule has 114 valence electrons. The van der Waals surface area contributed by atoms with Gasteiger partial charge in [0.15, 0.2) is 0 Å². The van der Waals surface area contributed by atoms with Crippen molar-refractivity contribution in [2.24, 2.45) is 0 Å². The van der Waals surface area contributed by atoms with Gasteiger partial charge in [0.25, 0.3) is 5.91 Å². The highest BCUT2D eigenvalue weighted by atomic mass is 16.3. The van der Waals surface area contributed by atoms with Crippen molar-refractivity contribution in [1.29, 1.82) is 0 Å². The van der Waals surface area contributed by atoms with Crippen molar-refractivity contribution in [3.63, 3.8) is 0 Å². The lowest BCUT2D eigenvalue weighted by Crippen LogP contribution is -2.44. The zero-order chi connectivity index (χ0) is 15.5. The highest BCUT2D eigenvalue weighted by Crippen LogP contribution is 2.42. The quantitative estimate of drug-likeness (QED) is 0.939. The third-order valence-electron chi connectivity index (χ3n) is 4.37. The molecule has 1 aliphatic heterocycles. The average molecular weight is 295 g/mol. The van der Waals surface area contributed by atoms with Crippen molar-refractivity contribution in [2.45, 2.75) is 25.3 Å². The molecule has 1 heterocycles. The Morgan fingerprint density at radius 3 is 2.41 bits per heavy atom.